The van der Waals surface area contributed by atoms with Crippen LogP contribution in [0.1, 0.15) is 45.4 Å². The van der Waals surface area contributed by atoms with Crippen molar-refractivity contribution in [3.8, 4) is 0 Å². The maximum absolute atomic E-state index is 10.6. The van der Waals surface area contributed by atoms with Crippen molar-refractivity contribution in [3.63, 3.8) is 0 Å². The van der Waals surface area contributed by atoms with Crippen LogP contribution in [0.2, 0.25) is 0 Å². The lowest BCUT2D eigenvalue weighted by atomic mass is 10.2. The topological polar surface area (TPSA) is 63.6 Å². The van der Waals surface area contributed by atoms with E-state index in [4.69, 9.17) is 9.29 Å². The fraction of sp³-hybridized carbons (Fsp3) is 1.00. The Morgan fingerprint density at radius 3 is 2.25 bits per heavy atom. The van der Waals surface area contributed by atoms with Crippen molar-refractivity contribution in [2.45, 2.75) is 45.4 Å². The molecule has 0 aliphatic carbocycles. The van der Waals surface area contributed by atoms with Gasteiger partial charge in [0.05, 0.1) is 33.0 Å². The van der Waals surface area contributed by atoms with Gasteiger partial charge < -0.3 is 9.22 Å². The van der Waals surface area contributed by atoms with Crippen molar-refractivity contribution < 1.29 is 22.2 Å². The fourth-order valence-electron chi connectivity index (χ4n) is 1.98. The number of hydrogen-bond donors (Lipinski definition) is 1. The molecule has 0 unspecified atom stereocenters. The van der Waals surface area contributed by atoms with E-state index in [-0.39, 0.29) is 5.75 Å². The Morgan fingerprint density at radius 1 is 0.950 bits per heavy atom. The average molecular weight is 310 g/mol. The van der Waals surface area contributed by atoms with Gasteiger partial charge in [-0.1, -0.05) is 26.2 Å². The van der Waals surface area contributed by atoms with Crippen molar-refractivity contribution in [2.75, 3.05) is 46.2 Å². The zero-order valence-electron chi connectivity index (χ0n) is 13.3. The van der Waals surface area contributed by atoms with Gasteiger partial charge in [0.1, 0.15) is 6.54 Å². The second kappa shape index (κ2) is 10.5. The average Bonchev–Trinajstić information content (AvgIpc) is 2.32. The Balaban J connectivity index is 3.54. The third-order valence-electron chi connectivity index (χ3n) is 3.40. The lowest BCUT2D eigenvalue weighted by Gasteiger charge is -2.29. The summed E-state index contributed by atoms with van der Waals surface area (Å²) in [5.41, 5.74) is 0. The van der Waals surface area contributed by atoms with Crippen molar-refractivity contribution in [3.05, 3.63) is 0 Å². The van der Waals surface area contributed by atoms with Crippen molar-refractivity contribution in [2.24, 2.45) is 0 Å². The molecule has 0 aliphatic heterocycles. The summed E-state index contributed by atoms with van der Waals surface area (Å²) in [4.78, 5) is 0. The van der Waals surface area contributed by atoms with Crippen LogP contribution in [0, 0.1) is 0 Å². The van der Waals surface area contributed by atoms with E-state index in [1.54, 1.807) is 0 Å². The smallest absolute Gasteiger partial charge is 0.264 e. The normalized spacial score (nSPS) is 12.8. The predicted octanol–water partition coefficient (Wildman–Crippen LogP) is 2.33. The van der Waals surface area contributed by atoms with Gasteiger partial charge in [-0.3, -0.25) is 4.55 Å². The molecule has 0 saturated heterocycles. The molecule has 0 aromatic carbocycles. The van der Waals surface area contributed by atoms with E-state index in [2.05, 4.69) is 21.0 Å². The van der Waals surface area contributed by atoms with Crippen LogP contribution in [-0.4, -0.2) is 63.6 Å². The maximum Gasteiger partial charge on any atom is 0.264 e. The van der Waals surface area contributed by atoms with Crippen molar-refractivity contribution in [1.82, 2.24) is 0 Å². The highest BCUT2D eigenvalue weighted by molar-refractivity contribution is 7.85. The Hall–Kier alpha value is -0.170. The molecule has 20 heavy (non-hydrogen) atoms. The highest BCUT2D eigenvalue weighted by Crippen LogP contribution is 2.04. The zero-order chi connectivity index (χ0) is 15.5. The first-order valence-corrected chi connectivity index (χ1v) is 9.23. The van der Waals surface area contributed by atoms with Crippen LogP contribution in [-0.2, 0) is 14.9 Å². The quantitative estimate of drug-likeness (QED) is 0.322. The Kier molecular flexibility index (Phi) is 10.5. The van der Waals surface area contributed by atoms with E-state index in [1.807, 2.05) is 0 Å². The molecule has 0 atom stereocenters. The molecule has 5 nitrogen and oxygen atoms in total. The Labute approximate surface area is 124 Å². The molecule has 0 heterocycles. The second-order valence-electron chi connectivity index (χ2n) is 6.05. The molecule has 0 aromatic rings. The SMILES string of the molecule is CCCCCCOCC[N+](C)(C)CCCCS(=O)(=O)O. The molecule has 0 bridgehead atoms. The predicted molar refractivity (Wildman–Crippen MR) is 82.5 cm³/mol. The Bertz CT molecular complexity index is 328. The van der Waals surface area contributed by atoms with Crippen molar-refractivity contribution in [1.29, 1.82) is 0 Å². The first-order valence-electron chi connectivity index (χ1n) is 7.62. The molecule has 1 N–H and O–H groups in total. The molecule has 0 saturated carbocycles. The third-order valence-corrected chi connectivity index (χ3v) is 4.20. The van der Waals surface area contributed by atoms with E-state index >= 15 is 0 Å². The lowest BCUT2D eigenvalue weighted by Crippen LogP contribution is -2.43. The second-order valence-corrected chi connectivity index (χ2v) is 7.62. The van der Waals surface area contributed by atoms with Crippen LogP contribution in [0.4, 0.5) is 0 Å². The summed E-state index contributed by atoms with van der Waals surface area (Å²) in [5.74, 6) is -0.138. The van der Waals surface area contributed by atoms with Gasteiger partial charge in [-0.05, 0) is 19.3 Å². The molecule has 0 aliphatic rings. The van der Waals surface area contributed by atoms with E-state index in [9.17, 15) is 8.42 Å². The molecule has 0 rings (SSSR count). The molecule has 0 radical (unpaired) electrons. The number of unbranched alkanes of at least 4 members (excludes halogenated alkanes) is 4. The van der Waals surface area contributed by atoms with E-state index in [0.29, 0.717) is 6.42 Å². The number of rotatable bonds is 13. The minimum atomic E-state index is -3.81. The molecule has 6 heteroatoms. The highest BCUT2D eigenvalue weighted by Gasteiger charge is 2.15. The maximum atomic E-state index is 10.6. The number of hydrogen-bond acceptors (Lipinski definition) is 3. The first-order chi connectivity index (χ1) is 9.27. The van der Waals surface area contributed by atoms with Crippen LogP contribution < -0.4 is 0 Å². The minimum Gasteiger partial charge on any atom is -0.376 e. The summed E-state index contributed by atoms with van der Waals surface area (Å²) in [5, 5.41) is 0. The van der Waals surface area contributed by atoms with Gasteiger partial charge >= 0.3 is 0 Å². The van der Waals surface area contributed by atoms with Crippen LogP contribution in [0.5, 0.6) is 0 Å². The van der Waals surface area contributed by atoms with Crippen molar-refractivity contribution >= 4 is 10.1 Å². The first kappa shape index (κ1) is 19.8. The zero-order valence-corrected chi connectivity index (χ0v) is 14.1. The third kappa shape index (κ3) is 14.2. The van der Waals surface area contributed by atoms with Gasteiger partial charge in [0.2, 0.25) is 0 Å². The molecular weight excluding hydrogens is 278 g/mol. The minimum absolute atomic E-state index is 0.138. The van der Waals surface area contributed by atoms with Gasteiger partial charge in [0.25, 0.3) is 10.1 Å². The summed E-state index contributed by atoms with van der Waals surface area (Å²) in [7, 11) is 0.432. The molecule has 0 fully saturated rings. The summed E-state index contributed by atoms with van der Waals surface area (Å²) in [6, 6.07) is 0. The van der Waals surface area contributed by atoms with Crippen LogP contribution in [0.3, 0.4) is 0 Å². The Morgan fingerprint density at radius 2 is 1.65 bits per heavy atom. The van der Waals surface area contributed by atoms with Crippen LogP contribution in [0.15, 0.2) is 0 Å². The number of nitrogens with zero attached hydrogens (tertiary/aromatic N) is 1. The summed E-state index contributed by atoms with van der Waals surface area (Å²) in [6.45, 7) is 5.61. The van der Waals surface area contributed by atoms with Gasteiger partial charge in [0.15, 0.2) is 0 Å². The lowest BCUT2D eigenvalue weighted by molar-refractivity contribution is -0.890. The molecule has 0 aromatic heterocycles. The molecule has 0 spiro atoms. The monoisotopic (exact) mass is 310 g/mol. The van der Waals surface area contributed by atoms with Crippen LogP contribution in [0.25, 0.3) is 0 Å². The number of likely N-dealkylation sites (N-methyl/N-ethyl adjacent to an activating group) is 1. The van der Waals surface area contributed by atoms with E-state index in [1.165, 1.54) is 19.3 Å². The number of ether oxygens (including phenoxy) is 1. The van der Waals surface area contributed by atoms with Gasteiger partial charge in [-0.2, -0.15) is 8.42 Å². The molecule has 0 amide bonds. The summed E-state index contributed by atoms with van der Waals surface area (Å²) in [6.07, 6.45) is 6.20. The highest BCUT2D eigenvalue weighted by atomic mass is 32.2. The molecule has 122 valence electrons. The summed E-state index contributed by atoms with van der Waals surface area (Å²) >= 11 is 0. The fourth-order valence-corrected chi connectivity index (χ4v) is 2.55. The van der Waals surface area contributed by atoms with Crippen LogP contribution >= 0.6 is 0 Å². The van der Waals surface area contributed by atoms with Gasteiger partial charge in [-0.15, -0.1) is 0 Å². The summed E-state index contributed by atoms with van der Waals surface area (Å²) < 4.78 is 36.3. The van der Waals surface area contributed by atoms with E-state index in [0.717, 1.165) is 43.6 Å². The van der Waals surface area contributed by atoms with Gasteiger partial charge in [0, 0.05) is 6.61 Å². The van der Waals surface area contributed by atoms with E-state index < -0.39 is 10.1 Å². The standard InChI is InChI=1S/C14H31NO4S/c1-4-5-6-8-12-19-13-11-15(2,3)10-7-9-14-20(16,17)18/h4-14H2,1-3H3/p+1. The molecular formula is C14H32NO4S+. The van der Waals surface area contributed by atoms with Gasteiger partial charge in [-0.25, -0.2) is 0 Å². The largest absolute Gasteiger partial charge is 0.376 e. The number of quaternary nitrogens is 1.